The van der Waals surface area contributed by atoms with Gasteiger partial charge in [-0.15, -0.1) is 0 Å². The van der Waals surface area contributed by atoms with E-state index in [2.05, 4.69) is 4.90 Å². The number of rotatable bonds is 2. The Morgan fingerprint density at radius 1 is 1.43 bits per heavy atom. The third kappa shape index (κ3) is 1.03. The van der Waals surface area contributed by atoms with Crippen LogP contribution in [-0.2, 0) is 4.79 Å². The number of carbonyl (C=O) groups excluding carboxylic acids is 1. The second-order valence-corrected chi connectivity index (χ2v) is 5.27. The van der Waals surface area contributed by atoms with Crippen LogP contribution in [0.25, 0.3) is 0 Å². The van der Waals surface area contributed by atoms with Crippen molar-refractivity contribution in [1.29, 1.82) is 0 Å². The average Bonchev–Trinajstić information content (AvgIpc) is 2.63. The van der Waals surface area contributed by atoms with E-state index >= 15 is 0 Å². The highest BCUT2D eigenvalue weighted by atomic mass is 16.3. The van der Waals surface area contributed by atoms with Crippen LogP contribution in [0, 0.1) is 17.8 Å². The Kier molecular flexibility index (Phi) is 1.77. The highest BCUT2D eigenvalue weighted by molar-refractivity contribution is 5.77. The molecule has 5 atom stereocenters. The summed E-state index contributed by atoms with van der Waals surface area (Å²) in [5.41, 5.74) is 0. The highest BCUT2D eigenvalue weighted by Gasteiger charge is 2.58. The maximum atomic E-state index is 11.1. The summed E-state index contributed by atoms with van der Waals surface area (Å²) in [6.07, 6.45) is 2.24. The molecule has 2 bridgehead atoms. The molecule has 0 aromatic heterocycles. The fraction of sp³-hybridized carbons (Fsp3) is 0.909. The van der Waals surface area contributed by atoms with E-state index in [1.807, 2.05) is 0 Å². The molecule has 3 aliphatic rings. The van der Waals surface area contributed by atoms with Crippen molar-refractivity contribution in [3.63, 3.8) is 0 Å². The van der Waals surface area contributed by atoms with E-state index in [4.69, 9.17) is 0 Å². The Labute approximate surface area is 84.1 Å². The molecule has 1 saturated heterocycles. The van der Waals surface area contributed by atoms with Crippen LogP contribution in [-0.4, -0.2) is 41.0 Å². The number of nitrogens with zero attached hydrogens (tertiary/aromatic N) is 1. The topological polar surface area (TPSA) is 40.5 Å². The number of carbonyl (C=O) groups is 1. The van der Waals surface area contributed by atoms with Crippen molar-refractivity contribution < 1.29 is 9.90 Å². The minimum absolute atomic E-state index is 0.155. The molecule has 2 saturated carbocycles. The van der Waals surface area contributed by atoms with Crippen molar-refractivity contribution in [1.82, 2.24) is 4.90 Å². The number of aliphatic hydroxyl groups is 1. The lowest BCUT2D eigenvalue weighted by molar-refractivity contribution is -0.118. The largest absolute Gasteiger partial charge is 0.391 e. The molecule has 5 unspecified atom stereocenters. The number of aliphatic hydroxyl groups excluding tert-OH is 1. The molecule has 3 rings (SSSR count). The highest BCUT2D eigenvalue weighted by Crippen LogP contribution is 2.54. The Hall–Kier alpha value is -0.410. The maximum absolute atomic E-state index is 11.1. The van der Waals surface area contributed by atoms with Crippen LogP contribution < -0.4 is 0 Å². The summed E-state index contributed by atoms with van der Waals surface area (Å²) in [5.74, 6) is 2.22. The van der Waals surface area contributed by atoms with Gasteiger partial charge in [-0.05, 0) is 37.5 Å². The summed E-state index contributed by atoms with van der Waals surface area (Å²) in [6, 6.07) is 0.308. The van der Waals surface area contributed by atoms with Gasteiger partial charge in [-0.2, -0.15) is 0 Å². The predicted octanol–water partition coefficient (Wildman–Crippen LogP) is 0.277. The number of fused-ring (bicyclic) bond motifs is 1. The second-order valence-electron chi connectivity index (χ2n) is 5.27. The Morgan fingerprint density at radius 3 is 2.86 bits per heavy atom. The molecule has 14 heavy (non-hydrogen) atoms. The molecule has 0 spiro atoms. The maximum Gasteiger partial charge on any atom is 0.143 e. The van der Waals surface area contributed by atoms with E-state index in [9.17, 15) is 9.90 Å². The van der Waals surface area contributed by atoms with Crippen LogP contribution in [0.15, 0.2) is 0 Å². The van der Waals surface area contributed by atoms with Gasteiger partial charge in [0.15, 0.2) is 0 Å². The lowest BCUT2D eigenvalue weighted by Crippen LogP contribution is -2.42. The van der Waals surface area contributed by atoms with Crippen LogP contribution in [0.2, 0.25) is 0 Å². The van der Waals surface area contributed by atoms with Crippen molar-refractivity contribution >= 4 is 5.78 Å². The monoisotopic (exact) mass is 195 g/mol. The summed E-state index contributed by atoms with van der Waals surface area (Å²) in [7, 11) is 0. The lowest BCUT2D eigenvalue weighted by Gasteiger charge is -2.28. The quantitative estimate of drug-likeness (QED) is 0.688. The molecule has 1 N–H and O–H groups in total. The molecule has 3 nitrogen and oxygen atoms in total. The van der Waals surface area contributed by atoms with E-state index in [0.29, 0.717) is 24.4 Å². The minimum atomic E-state index is -0.155. The Morgan fingerprint density at radius 2 is 2.21 bits per heavy atom. The zero-order valence-electron chi connectivity index (χ0n) is 8.52. The SMILES string of the molecule is CC(=O)CN1CC2CC3CC2C1C3O. The molecule has 0 radical (unpaired) electrons. The summed E-state index contributed by atoms with van der Waals surface area (Å²) in [6.45, 7) is 3.23. The molecule has 3 fully saturated rings. The van der Waals surface area contributed by atoms with Crippen molar-refractivity contribution in [3.05, 3.63) is 0 Å². The van der Waals surface area contributed by atoms with Crippen molar-refractivity contribution in [2.75, 3.05) is 13.1 Å². The first kappa shape index (κ1) is 8.86. The molecule has 78 valence electrons. The van der Waals surface area contributed by atoms with Crippen molar-refractivity contribution in [3.8, 4) is 0 Å². The van der Waals surface area contributed by atoms with Gasteiger partial charge in [-0.3, -0.25) is 9.69 Å². The fourth-order valence-corrected chi connectivity index (χ4v) is 4.01. The zero-order chi connectivity index (χ0) is 9.87. The number of hydrogen-bond acceptors (Lipinski definition) is 3. The number of ketones is 1. The molecular weight excluding hydrogens is 178 g/mol. The van der Waals surface area contributed by atoms with Crippen LogP contribution in [0.3, 0.4) is 0 Å². The van der Waals surface area contributed by atoms with E-state index in [1.54, 1.807) is 6.92 Å². The normalized spacial score (nSPS) is 50.3. The molecule has 0 aromatic carbocycles. The minimum Gasteiger partial charge on any atom is -0.391 e. The average molecular weight is 195 g/mol. The fourth-order valence-electron chi connectivity index (χ4n) is 4.01. The third-order valence-corrected chi connectivity index (χ3v) is 4.37. The summed E-state index contributed by atoms with van der Waals surface area (Å²) in [4.78, 5) is 13.3. The standard InChI is InChI=1S/C11H17NO2/c1-6(13)4-12-5-8-2-7-3-9(8)10(12)11(7)14/h7-11,14H,2-5H2,1H3. The van der Waals surface area contributed by atoms with E-state index in [1.165, 1.54) is 12.8 Å². The second kappa shape index (κ2) is 2.80. The first-order valence-electron chi connectivity index (χ1n) is 5.58. The molecule has 0 aromatic rings. The van der Waals surface area contributed by atoms with Crippen molar-refractivity contribution in [2.24, 2.45) is 17.8 Å². The van der Waals surface area contributed by atoms with Gasteiger partial charge >= 0.3 is 0 Å². The smallest absolute Gasteiger partial charge is 0.143 e. The number of hydrogen-bond donors (Lipinski definition) is 1. The van der Waals surface area contributed by atoms with Crippen LogP contribution in [0.1, 0.15) is 19.8 Å². The molecule has 1 heterocycles. The van der Waals surface area contributed by atoms with E-state index in [0.717, 1.165) is 12.5 Å². The number of Topliss-reactive ketones (excluding diaryl/α,β-unsaturated/α-hetero) is 1. The van der Waals surface area contributed by atoms with Gasteiger partial charge in [0.05, 0.1) is 12.6 Å². The first-order valence-corrected chi connectivity index (χ1v) is 5.58. The van der Waals surface area contributed by atoms with Gasteiger partial charge < -0.3 is 5.11 Å². The summed E-state index contributed by atoms with van der Waals surface area (Å²) >= 11 is 0. The van der Waals surface area contributed by atoms with E-state index < -0.39 is 0 Å². The zero-order valence-corrected chi connectivity index (χ0v) is 8.52. The van der Waals surface area contributed by atoms with Crippen LogP contribution >= 0.6 is 0 Å². The molecule has 3 heteroatoms. The van der Waals surface area contributed by atoms with Crippen LogP contribution in [0.4, 0.5) is 0 Å². The van der Waals surface area contributed by atoms with Crippen molar-refractivity contribution in [2.45, 2.75) is 31.9 Å². The van der Waals surface area contributed by atoms with Gasteiger partial charge in [0.2, 0.25) is 0 Å². The molecule has 1 aliphatic heterocycles. The predicted molar refractivity (Wildman–Crippen MR) is 51.8 cm³/mol. The lowest BCUT2D eigenvalue weighted by atomic mass is 9.88. The summed E-state index contributed by atoms with van der Waals surface area (Å²) < 4.78 is 0. The third-order valence-electron chi connectivity index (χ3n) is 4.37. The molecular formula is C11H17NO2. The molecule has 0 amide bonds. The van der Waals surface area contributed by atoms with Gasteiger partial charge in [-0.25, -0.2) is 0 Å². The Bertz CT molecular complexity index is 276. The van der Waals surface area contributed by atoms with Crippen LogP contribution in [0.5, 0.6) is 0 Å². The van der Waals surface area contributed by atoms with Gasteiger partial charge in [0.1, 0.15) is 5.78 Å². The van der Waals surface area contributed by atoms with Gasteiger partial charge in [0.25, 0.3) is 0 Å². The Balaban J connectivity index is 1.81. The van der Waals surface area contributed by atoms with Gasteiger partial charge in [-0.1, -0.05) is 0 Å². The number of likely N-dealkylation sites (tertiary alicyclic amines) is 1. The van der Waals surface area contributed by atoms with Gasteiger partial charge in [0, 0.05) is 12.6 Å². The summed E-state index contributed by atoms with van der Waals surface area (Å²) in [5, 5.41) is 10.0. The van der Waals surface area contributed by atoms with E-state index in [-0.39, 0.29) is 11.9 Å². The first-order chi connectivity index (χ1) is 6.66. The molecule has 2 aliphatic carbocycles.